The zero-order valence-corrected chi connectivity index (χ0v) is 22.9. The van der Waals surface area contributed by atoms with Crippen LogP contribution in [0.2, 0.25) is 0 Å². The van der Waals surface area contributed by atoms with Crippen LogP contribution in [0, 0.1) is 0 Å². The minimum Gasteiger partial charge on any atom is -0.389 e. The van der Waals surface area contributed by atoms with Gasteiger partial charge in [0.25, 0.3) is 17.7 Å². The van der Waals surface area contributed by atoms with Crippen LogP contribution in [0.5, 0.6) is 0 Å². The molecule has 8 nitrogen and oxygen atoms in total. The summed E-state index contributed by atoms with van der Waals surface area (Å²) < 4.78 is 71.2. The number of rotatable bonds is 7. The van der Waals surface area contributed by atoms with Crippen LogP contribution in [-0.2, 0) is 6.18 Å². The van der Waals surface area contributed by atoms with Crippen molar-refractivity contribution in [3.8, 4) is 10.4 Å². The number of likely N-dealkylation sites (tertiary alicyclic amines) is 1. The van der Waals surface area contributed by atoms with Crippen LogP contribution in [0.3, 0.4) is 0 Å². The van der Waals surface area contributed by atoms with Crippen molar-refractivity contribution in [2.75, 3.05) is 25.0 Å². The number of amides is 2. The van der Waals surface area contributed by atoms with Gasteiger partial charge in [-0.2, -0.15) is 13.2 Å². The first-order valence-corrected chi connectivity index (χ1v) is 13.1. The quantitative estimate of drug-likeness (QED) is 0.469. The fraction of sp³-hybridized carbons (Fsp3) is 0.600. The minimum atomic E-state index is -4.86. The summed E-state index contributed by atoms with van der Waals surface area (Å²) in [6.45, 7) is 5.07. The Morgan fingerprint density at radius 1 is 1.28 bits per heavy atom. The number of aliphatic hydroxyl groups is 1. The summed E-state index contributed by atoms with van der Waals surface area (Å²) in [5, 5.41) is 12.0. The molecular weight excluding hydrogens is 545 g/mol. The van der Waals surface area contributed by atoms with Gasteiger partial charge in [0.2, 0.25) is 0 Å². The zero-order valence-electron chi connectivity index (χ0n) is 22.1. The van der Waals surface area contributed by atoms with E-state index in [1.54, 1.807) is 11.9 Å². The summed E-state index contributed by atoms with van der Waals surface area (Å²) in [5.74, 6) is -4.92. The summed E-state index contributed by atoms with van der Waals surface area (Å²) >= 11 is 0.529. The molecule has 39 heavy (non-hydrogen) atoms. The average molecular weight is 576 g/mol. The molecule has 1 atom stereocenters. The summed E-state index contributed by atoms with van der Waals surface area (Å²) in [7, 11) is 1.65. The monoisotopic (exact) mass is 575 g/mol. The highest BCUT2D eigenvalue weighted by Gasteiger charge is 2.47. The maximum absolute atomic E-state index is 14.3. The van der Waals surface area contributed by atoms with Crippen molar-refractivity contribution < 1.29 is 36.6 Å². The number of halogens is 5. The second-order valence-electron chi connectivity index (χ2n) is 11.2. The lowest BCUT2D eigenvalue weighted by atomic mass is 10.1. The Morgan fingerprint density at radius 3 is 2.44 bits per heavy atom. The summed E-state index contributed by atoms with van der Waals surface area (Å²) in [4.78, 5) is 36.7. The van der Waals surface area contributed by atoms with E-state index in [4.69, 9.17) is 0 Å². The Morgan fingerprint density at radius 2 is 1.92 bits per heavy atom. The van der Waals surface area contributed by atoms with Crippen molar-refractivity contribution in [3.05, 3.63) is 28.5 Å². The molecule has 2 aromatic rings. The number of alkyl halides is 5. The van der Waals surface area contributed by atoms with Crippen LogP contribution in [0.1, 0.15) is 72.8 Å². The SMILES string of the molecule is C[C@H]1CC(F)(F)CN1C(=O)c1nc(C(=O)NCC(C)(C)O)sc1-c1cnc(N(C)C2(C)CC2)cc1C(F)(F)F. The van der Waals surface area contributed by atoms with Crippen molar-refractivity contribution in [1.82, 2.24) is 20.2 Å². The topological polar surface area (TPSA) is 98.7 Å². The van der Waals surface area contributed by atoms with E-state index < -0.39 is 65.3 Å². The van der Waals surface area contributed by atoms with E-state index in [9.17, 15) is 36.6 Å². The molecule has 0 bridgehead atoms. The Labute approximate surface area is 226 Å². The molecule has 2 aliphatic rings. The van der Waals surface area contributed by atoms with Crippen LogP contribution < -0.4 is 10.2 Å². The second-order valence-corrected chi connectivity index (χ2v) is 12.2. The number of nitrogens with zero attached hydrogens (tertiary/aromatic N) is 4. The molecule has 2 fully saturated rings. The van der Waals surface area contributed by atoms with E-state index in [-0.39, 0.29) is 27.8 Å². The summed E-state index contributed by atoms with van der Waals surface area (Å²) in [6, 6.07) is -0.0156. The van der Waals surface area contributed by atoms with Crippen LogP contribution in [0.15, 0.2) is 12.3 Å². The lowest BCUT2D eigenvalue weighted by Crippen LogP contribution is -2.38. The Kier molecular flexibility index (Phi) is 7.20. The molecule has 0 unspecified atom stereocenters. The highest BCUT2D eigenvalue weighted by molar-refractivity contribution is 7.17. The summed E-state index contributed by atoms with van der Waals surface area (Å²) in [5.41, 5.74) is -3.73. The van der Waals surface area contributed by atoms with E-state index in [0.717, 1.165) is 30.0 Å². The van der Waals surface area contributed by atoms with Gasteiger partial charge in [-0.05, 0) is 46.6 Å². The molecule has 2 aromatic heterocycles. The molecule has 14 heteroatoms. The first-order valence-electron chi connectivity index (χ1n) is 12.3. The van der Waals surface area contributed by atoms with Crippen molar-refractivity contribution in [3.63, 3.8) is 0 Å². The predicted octanol–water partition coefficient (Wildman–Crippen LogP) is 4.58. The van der Waals surface area contributed by atoms with Crippen LogP contribution in [-0.4, -0.2) is 75.0 Å². The van der Waals surface area contributed by atoms with Crippen LogP contribution in [0.25, 0.3) is 10.4 Å². The number of aromatic nitrogens is 2. The Bertz CT molecular complexity index is 1290. The van der Waals surface area contributed by atoms with Gasteiger partial charge in [-0.15, -0.1) is 11.3 Å². The normalized spacial score (nSPS) is 20.2. The number of thiazole rings is 1. The highest BCUT2D eigenvalue weighted by Crippen LogP contribution is 2.46. The lowest BCUT2D eigenvalue weighted by Gasteiger charge is -2.27. The first kappa shape index (κ1) is 29.1. The van der Waals surface area contributed by atoms with E-state index >= 15 is 0 Å². The third kappa shape index (κ3) is 6.16. The molecule has 1 saturated heterocycles. The number of pyridine rings is 1. The fourth-order valence-corrected chi connectivity index (χ4v) is 5.37. The van der Waals surface area contributed by atoms with E-state index in [0.29, 0.717) is 11.3 Å². The van der Waals surface area contributed by atoms with E-state index in [1.807, 2.05) is 6.92 Å². The summed E-state index contributed by atoms with van der Waals surface area (Å²) in [6.07, 6.45) is -2.90. The molecule has 1 aliphatic carbocycles. The molecule has 0 spiro atoms. The van der Waals surface area contributed by atoms with Crippen molar-refractivity contribution in [1.29, 1.82) is 0 Å². The van der Waals surface area contributed by atoms with Gasteiger partial charge in [-0.1, -0.05) is 0 Å². The highest BCUT2D eigenvalue weighted by atomic mass is 32.1. The lowest BCUT2D eigenvalue weighted by molar-refractivity contribution is -0.137. The number of carbonyl (C=O) groups is 2. The van der Waals surface area contributed by atoms with Gasteiger partial charge in [0.05, 0.1) is 22.6 Å². The van der Waals surface area contributed by atoms with Gasteiger partial charge in [-0.25, -0.2) is 18.7 Å². The van der Waals surface area contributed by atoms with E-state index in [1.165, 1.54) is 20.8 Å². The number of nitrogens with one attached hydrogen (secondary N) is 1. The molecule has 3 heterocycles. The maximum atomic E-state index is 14.3. The van der Waals surface area contributed by atoms with Gasteiger partial charge < -0.3 is 20.2 Å². The van der Waals surface area contributed by atoms with Crippen molar-refractivity contribution in [2.45, 2.75) is 76.2 Å². The van der Waals surface area contributed by atoms with Crippen LogP contribution >= 0.6 is 11.3 Å². The third-order valence-corrected chi connectivity index (χ3v) is 8.15. The molecular formula is C25H30F5N5O3S. The molecule has 0 radical (unpaired) electrons. The van der Waals surface area contributed by atoms with Gasteiger partial charge >= 0.3 is 6.18 Å². The van der Waals surface area contributed by atoms with Gasteiger partial charge in [-0.3, -0.25) is 9.59 Å². The Hall–Kier alpha value is -2.87. The average Bonchev–Trinajstić information content (AvgIpc) is 3.30. The number of carbonyl (C=O) groups excluding carboxylic acids is 2. The van der Waals surface area contributed by atoms with Crippen molar-refractivity contribution in [2.24, 2.45) is 0 Å². The first-order chi connectivity index (χ1) is 17.8. The smallest absolute Gasteiger partial charge is 0.389 e. The Balaban J connectivity index is 1.82. The van der Waals surface area contributed by atoms with Crippen LogP contribution in [0.4, 0.5) is 27.8 Å². The number of anilines is 1. The minimum absolute atomic E-state index is 0.0828. The number of hydrogen-bond donors (Lipinski definition) is 2. The molecule has 2 amide bonds. The maximum Gasteiger partial charge on any atom is 0.417 e. The molecule has 2 N–H and O–H groups in total. The molecule has 1 saturated carbocycles. The second kappa shape index (κ2) is 9.65. The number of hydrogen-bond acceptors (Lipinski definition) is 7. The predicted molar refractivity (Wildman–Crippen MR) is 135 cm³/mol. The third-order valence-electron chi connectivity index (χ3n) is 7.06. The molecule has 0 aromatic carbocycles. The van der Waals surface area contributed by atoms with Gasteiger partial charge in [0.1, 0.15) is 11.5 Å². The van der Waals surface area contributed by atoms with Gasteiger partial charge in [0.15, 0.2) is 5.01 Å². The zero-order chi connectivity index (χ0) is 29.1. The van der Waals surface area contributed by atoms with Gasteiger partial charge in [0, 0.05) is 43.4 Å². The molecule has 4 rings (SSSR count). The van der Waals surface area contributed by atoms with Crippen molar-refractivity contribution >= 4 is 29.0 Å². The largest absolute Gasteiger partial charge is 0.417 e. The fourth-order valence-electron chi connectivity index (χ4n) is 4.37. The molecule has 1 aliphatic heterocycles. The standard InChI is InChI=1S/C25H30F5N5O3S/c1-13-9-24(26,27)12-35(13)21(37)17-18(39-20(33-17)19(36)32-11-22(2,3)38)14-10-31-16(8-15(14)25(28,29)30)34(5)23(4)6-7-23/h8,10,13,38H,6-7,9,11-12H2,1-5H3,(H,32,36)/t13-/m0/s1. The molecule has 214 valence electrons. The van der Waals surface area contributed by atoms with E-state index in [2.05, 4.69) is 15.3 Å².